The lowest BCUT2D eigenvalue weighted by molar-refractivity contribution is -0.139. The third kappa shape index (κ3) is 8.02. The zero-order chi connectivity index (χ0) is 18.8. The zero-order valence-corrected chi connectivity index (χ0v) is 14.8. The number of carboxylic acid groups (broad SMARTS) is 1. The van der Waals surface area contributed by atoms with Gasteiger partial charge in [0.2, 0.25) is 17.6 Å². The molecule has 25 heavy (non-hydrogen) atoms. The fourth-order valence-corrected chi connectivity index (χ4v) is 2.61. The quantitative estimate of drug-likeness (QED) is 0.427. The molecule has 0 spiro atoms. The van der Waals surface area contributed by atoms with Crippen LogP contribution in [0, 0.1) is 0 Å². The van der Waals surface area contributed by atoms with Gasteiger partial charge in [0.15, 0.2) is 0 Å². The lowest BCUT2D eigenvalue weighted by Crippen LogP contribution is -2.48. The van der Waals surface area contributed by atoms with Gasteiger partial charge in [-0.05, 0) is 18.9 Å². The second-order valence-corrected chi connectivity index (χ2v) is 6.22. The second-order valence-electron chi connectivity index (χ2n) is 6.22. The van der Waals surface area contributed by atoms with Crippen LogP contribution in [-0.2, 0) is 19.1 Å². The third-order valence-corrected chi connectivity index (χ3v) is 3.94. The standard InChI is InChI=1S/C17H28N2O6/c1-3-4-5-6-16(22)19-13-7-8-14(17(23)24)25-15(13)9-12(21)10-18-11(2)20/h8,12-13,15,21H,3-7,9-10H2,1-2H3,(H,18,20)(H,19,22)(H,23,24). The summed E-state index contributed by atoms with van der Waals surface area (Å²) in [6.45, 7) is 3.44. The van der Waals surface area contributed by atoms with Gasteiger partial charge >= 0.3 is 5.97 Å². The molecule has 0 saturated carbocycles. The van der Waals surface area contributed by atoms with Gasteiger partial charge in [-0.2, -0.15) is 0 Å². The smallest absolute Gasteiger partial charge is 0.370 e. The van der Waals surface area contributed by atoms with Gasteiger partial charge in [-0.25, -0.2) is 4.79 Å². The molecule has 8 heteroatoms. The van der Waals surface area contributed by atoms with Gasteiger partial charge < -0.3 is 25.6 Å². The third-order valence-electron chi connectivity index (χ3n) is 3.94. The van der Waals surface area contributed by atoms with Crippen molar-refractivity contribution in [2.45, 2.75) is 70.6 Å². The first-order chi connectivity index (χ1) is 11.8. The molecular formula is C17H28N2O6. The monoisotopic (exact) mass is 356 g/mol. The van der Waals surface area contributed by atoms with Crippen molar-refractivity contribution < 1.29 is 29.3 Å². The Hall–Kier alpha value is -2.09. The molecule has 0 aromatic carbocycles. The van der Waals surface area contributed by atoms with Gasteiger partial charge in [0.1, 0.15) is 6.10 Å². The van der Waals surface area contributed by atoms with E-state index in [0.717, 1.165) is 19.3 Å². The minimum absolute atomic E-state index is 0.0402. The maximum atomic E-state index is 12.0. The van der Waals surface area contributed by atoms with E-state index in [1.165, 1.54) is 13.0 Å². The summed E-state index contributed by atoms with van der Waals surface area (Å²) in [7, 11) is 0. The molecular weight excluding hydrogens is 328 g/mol. The van der Waals surface area contributed by atoms with Crippen LogP contribution in [0.1, 0.15) is 52.4 Å². The Labute approximate surface area is 147 Å². The predicted octanol–water partition coefficient (Wildman–Crippen LogP) is 0.696. The van der Waals surface area contributed by atoms with Crippen LogP contribution in [0.5, 0.6) is 0 Å². The van der Waals surface area contributed by atoms with Crippen molar-refractivity contribution in [3.05, 3.63) is 11.8 Å². The average molecular weight is 356 g/mol. The molecule has 2 amide bonds. The Balaban J connectivity index is 2.65. The number of nitrogens with one attached hydrogen (secondary N) is 2. The lowest BCUT2D eigenvalue weighted by Gasteiger charge is -2.33. The molecule has 8 nitrogen and oxygen atoms in total. The number of carbonyl (C=O) groups excluding carboxylic acids is 2. The highest BCUT2D eigenvalue weighted by Crippen LogP contribution is 2.22. The van der Waals surface area contributed by atoms with Gasteiger partial charge in [-0.3, -0.25) is 9.59 Å². The molecule has 0 bridgehead atoms. The SMILES string of the molecule is CCCCCC(=O)NC1CC=C(C(=O)O)OC1CC(O)CNC(C)=O. The van der Waals surface area contributed by atoms with Crippen LogP contribution in [0.15, 0.2) is 11.8 Å². The molecule has 0 radical (unpaired) electrons. The predicted molar refractivity (Wildman–Crippen MR) is 90.6 cm³/mol. The van der Waals surface area contributed by atoms with E-state index < -0.39 is 24.2 Å². The largest absolute Gasteiger partial charge is 0.481 e. The van der Waals surface area contributed by atoms with E-state index in [9.17, 15) is 19.5 Å². The molecule has 0 aliphatic carbocycles. The van der Waals surface area contributed by atoms with Gasteiger partial charge in [0, 0.05) is 26.3 Å². The normalized spacial score (nSPS) is 20.8. The average Bonchev–Trinajstić information content (AvgIpc) is 2.54. The first kappa shape index (κ1) is 21.0. The number of aliphatic hydroxyl groups is 1. The Kier molecular flexibility index (Phi) is 8.98. The molecule has 0 fully saturated rings. The molecule has 1 aliphatic heterocycles. The highest BCUT2D eigenvalue weighted by Gasteiger charge is 2.32. The molecule has 3 atom stereocenters. The molecule has 1 rings (SSSR count). The van der Waals surface area contributed by atoms with E-state index in [-0.39, 0.29) is 30.5 Å². The van der Waals surface area contributed by atoms with Gasteiger partial charge in [0.05, 0.1) is 12.1 Å². The molecule has 3 unspecified atom stereocenters. The van der Waals surface area contributed by atoms with Crippen LogP contribution in [0.2, 0.25) is 0 Å². The van der Waals surface area contributed by atoms with Crippen LogP contribution < -0.4 is 10.6 Å². The number of hydrogen-bond acceptors (Lipinski definition) is 5. The number of rotatable bonds is 10. The number of hydrogen-bond donors (Lipinski definition) is 4. The minimum Gasteiger partial charge on any atom is -0.481 e. The van der Waals surface area contributed by atoms with Crippen LogP contribution in [0.4, 0.5) is 0 Å². The fraction of sp³-hybridized carbons (Fsp3) is 0.706. The second kappa shape index (κ2) is 10.7. The minimum atomic E-state index is -1.19. The van der Waals surface area contributed by atoms with Gasteiger partial charge in [-0.15, -0.1) is 0 Å². The number of unbranched alkanes of at least 4 members (excludes halogenated alkanes) is 2. The maximum Gasteiger partial charge on any atom is 0.370 e. The van der Waals surface area contributed by atoms with E-state index in [2.05, 4.69) is 17.6 Å². The van der Waals surface area contributed by atoms with E-state index in [1.54, 1.807) is 0 Å². The van der Waals surface area contributed by atoms with Crippen LogP contribution >= 0.6 is 0 Å². The highest BCUT2D eigenvalue weighted by atomic mass is 16.5. The number of aliphatic hydroxyl groups excluding tert-OH is 1. The Bertz CT molecular complexity index is 505. The molecule has 0 saturated heterocycles. The summed E-state index contributed by atoms with van der Waals surface area (Å²) < 4.78 is 5.44. The number of carboxylic acids is 1. The van der Waals surface area contributed by atoms with Crippen molar-refractivity contribution in [3.8, 4) is 0 Å². The van der Waals surface area contributed by atoms with Gasteiger partial charge in [-0.1, -0.05) is 19.8 Å². The van der Waals surface area contributed by atoms with Crippen LogP contribution in [-0.4, -0.2) is 52.8 Å². The summed E-state index contributed by atoms with van der Waals surface area (Å²) in [5, 5.41) is 24.5. The highest BCUT2D eigenvalue weighted by molar-refractivity contribution is 5.84. The number of amides is 2. The molecule has 1 heterocycles. The molecule has 0 aromatic heterocycles. The molecule has 1 aliphatic rings. The summed E-state index contributed by atoms with van der Waals surface area (Å²) in [6.07, 6.45) is 3.46. The van der Waals surface area contributed by atoms with E-state index in [4.69, 9.17) is 9.84 Å². The van der Waals surface area contributed by atoms with E-state index >= 15 is 0 Å². The van der Waals surface area contributed by atoms with E-state index in [1.807, 2.05) is 0 Å². The van der Waals surface area contributed by atoms with Crippen molar-refractivity contribution in [1.29, 1.82) is 0 Å². The summed E-state index contributed by atoms with van der Waals surface area (Å²) >= 11 is 0. The Morgan fingerprint density at radius 2 is 2.08 bits per heavy atom. The Morgan fingerprint density at radius 3 is 2.68 bits per heavy atom. The number of ether oxygens (including phenoxy) is 1. The van der Waals surface area contributed by atoms with Crippen molar-refractivity contribution in [2.75, 3.05) is 6.54 Å². The summed E-state index contributed by atoms with van der Waals surface area (Å²) in [6, 6.07) is -0.413. The number of aliphatic carboxylic acids is 1. The molecule has 4 N–H and O–H groups in total. The van der Waals surface area contributed by atoms with Crippen LogP contribution in [0.3, 0.4) is 0 Å². The summed E-state index contributed by atoms with van der Waals surface area (Å²) in [5.41, 5.74) is 0. The van der Waals surface area contributed by atoms with Crippen molar-refractivity contribution in [2.24, 2.45) is 0 Å². The fourth-order valence-electron chi connectivity index (χ4n) is 2.61. The van der Waals surface area contributed by atoms with E-state index in [0.29, 0.717) is 12.8 Å². The van der Waals surface area contributed by atoms with Crippen molar-refractivity contribution in [1.82, 2.24) is 10.6 Å². The van der Waals surface area contributed by atoms with Gasteiger partial charge in [0.25, 0.3) is 0 Å². The first-order valence-electron chi connectivity index (χ1n) is 8.65. The zero-order valence-electron chi connectivity index (χ0n) is 14.8. The van der Waals surface area contributed by atoms with Crippen LogP contribution in [0.25, 0.3) is 0 Å². The first-order valence-corrected chi connectivity index (χ1v) is 8.65. The molecule has 142 valence electrons. The Morgan fingerprint density at radius 1 is 1.36 bits per heavy atom. The lowest BCUT2D eigenvalue weighted by atomic mass is 9.98. The topological polar surface area (TPSA) is 125 Å². The van der Waals surface area contributed by atoms with Crippen molar-refractivity contribution >= 4 is 17.8 Å². The summed E-state index contributed by atoms with van der Waals surface area (Å²) in [4.78, 5) is 34.0. The summed E-state index contributed by atoms with van der Waals surface area (Å²) in [5.74, 6) is -1.76. The van der Waals surface area contributed by atoms with Crippen molar-refractivity contribution in [3.63, 3.8) is 0 Å². The maximum absolute atomic E-state index is 12.0. The molecule has 0 aromatic rings. The number of carbonyl (C=O) groups is 3.